The van der Waals surface area contributed by atoms with Crippen molar-refractivity contribution in [3.05, 3.63) is 72.2 Å². The standard InChI is InChI=1S/C18H9Cl6NO/c19-12-2-8(3-13(20)16(12)23)10-1-11(7-26)18(25-6-10)9-4-14(21)17(24)15(22)5-9/h1-6,26H,7H2. The highest BCUT2D eigenvalue weighted by molar-refractivity contribution is 6.49. The Morgan fingerprint density at radius 3 is 1.58 bits per heavy atom. The van der Waals surface area contributed by atoms with Crippen LogP contribution in [-0.4, -0.2) is 10.1 Å². The fraction of sp³-hybridized carbons (Fsp3) is 0.0556. The Hall–Kier alpha value is -0.710. The van der Waals surface area contributed by atoms with E-state index in [9.17, 15) is 5.11 Å². The predicted octanol–water partition coefficient (Wildman–Crippen LogP) is 7.83. The molecule has 0 fully saturated rings. The van der Waals surface area contributed by atoms with Gasteiger partial charge in [0, 0.05) is 22.9 Å². The first-order valence-corrected chi connectivity index (χ1v) is 9.48. The maximum atomic E-state index is 9.79. The van der Waals surface area contributed by atoms with Crippen molar-refractivity contribution >= 4 is 69.6 Å². The Morgan fingerprint density at radius 1 is 0.654 bits per heavy atom. The lowest BCUT2D eigenvalue weighted by molar-refractivity contribution is 0.282. The molecular formula is C18H9Cl6NO. The summed E-state index contributed by atoms with van der Waals surface area (Å²) in [6.07, 6.45) is 1.64. The monoisotopic (exact) mass is 465 g/mol. The van der Waals surface area contributed by atoms with Gasteiger partial charge in [-0.2, -0.15) is 0 Å². The summed E-state index contributed by atoms with van der Waals surface area (Å²) in [7, 11) is 0. The van der Waals surface area contributed by atoms with Crippen LogP contribution in [0.25, 0.3) is 22.4 Å². The van der Waals surface area contributed by atoms with Crippen molar-refractivity contribution in [3.63, 3.8) is 0 Å². The van der Waals surface area contributed by atoms with E-state index in [1.165, 1.54) is 0 Å². The smallest absolute Gasteiger partial charge is 0.0778 e. The van der Waals surface area contributed by atoms with Gasteiger partial charge in [0.25, 0.3) is 0 Å². The maximum Gasteiger partial charge on any atom is 0.0778 e. The number of halogens is 6. The lowest BCUT2D eigenvalue weighted by Gasteiger charge is -2.12. The van der Waals surface area contributed by atoms with Crippen LogP contribution in [0.2, 0.25) is 30.1 Å². The van der Waals surface area contributed by atoms with E-state index in [2.05, 4.69) is 4.98 Å². The highest BCUT2D eigenvalue weighted by Gasteiger charge is 2.14. The van der Waals surface area contributed by atoms with Gasteiger partial charge >= 0.3 is 0 Å². The van der Waals surface area contributed by atoms with Gasteiger partial charge in [-0.3, -0.25) is 4.98 Å². The summed E-state index contributed by atoms with van der Waals surface area (Å²) >= 11 is 36.3. The van der Waals surface area contributed by atoms with Crippen LogP contribution in [0, 0.1) is 0 Å². The Kier molecular flexibility index (Phi) is 6.25. The lowest BCUT2D eigenvalue weighted by Crippen LogP contribution is -1.95. The molecule has 1 heterocycles. The zero-order valence-electron chi connectivity index (χ0n) is 12.8. The Labute approximate surface area is 180 Å². The SMILES string of the molecule is OCc1cc(-c2cc(Cl)c(Cl)c(Cl)c2)cnc1-c1cc(Cl)c(Cl)c(Cl)c1. The summed E-state index contributed by atoms with van der Waals surface area (Å²) in [6, 6.07) is 8.45. The van der Waals surface area contributed by atoms with Gasteiger partial charge in [-0.1, -0.05) is 69.6 Å². The molecule has 0 aliphatic rings. The van der Waals surface area contributed by atoms with Crippen molar-refractivity contribution in [3.8, 4) is 22.4 Å². The number of aliphatic hydroxyl groups is 1. The van der Waals surface area contributed by atoms with Gasteiger partial charge in [0.05, 0.1) is 42.4 Å². The number of aliphatic hydroxyl groups excluding tert-OH is 1. The first kappa shape index (κ1) is 20.0. The average molecular weight is 468 g/mol. The zero-order chi connectivity index (χ0) is 19.0. The van der Waals surface area contributed by atoms with Crippen molar-refractivity contribution < 1.29 is 5.11 Å². The van der Waals surface area contributed by atoms with E-state index in [-0.39, 0.29) is 16.7 Å². The van der Waals surface area contributed by atoms with Crippen LogP contribution in [0.5, 0.6) is 0 Å². The fourth-order valence-electron chi connectivity index (χ4n) is 2.46. The molecule has 2 nitrogen and oxygen atoms in total. The second kappa shape index (κ2) is 8.12. The molecule has 0 amide bonds. The minimum Gasteiger partial charge on any atom is -0.392 e. The number of hydrogen-bond donors (Lipinski definition) is 1. The molecule has 0 atom stereocenters. The van der Waals surface area contributed by atoms with Crippen LogP contribution < -0.4 is 0 Å². The predicted molar refractivity (Wildman–Crippen MR) is 111 cm³/mol. The van der Waals surface area contributed by atoms with Gasteiger partial charge < -0.3 is 5.11 Å². The van der Waals surface area contributed by atoms with Crippen LogP contribution in [0.1, 0.15) is 5.56 Å². The van der Waals surface area contributed by atoms with E-state index in [1.54, 1.807) is 36.5 Å². The molecule has 0 unspecified atom stereocenters. The second-order valence-corrected chi connectivity index (χ2v) is 7.78. The fourth-order valence-corrected chi connectivity index (χ4v) is 3.66. The van der Waals surface area contributed by atoms with Crippen molar-refractivity contribution in [2.24, 2.45) is 0 Å². The zero-order valence-corrected chi connectivity index (χ0v) is 17.4. The molecule has 2 aromatic carbocycles. The summed E-state index contributed by atoms with van der Waals surface area (Å²) in [5, 5.41) is 11.6. The number of nitrogens with zero attached hydrogens (tertiary/aromatic N) is 1. The molecule has 1 aromatic heterocycles. The topological polar surface area (TPSA) is 33.1 Å². The second-order valence-electron chi connectivity index (χ2n) is 5.40. The quantitative estimate of drug-likeness (QED) is 0.398. The summed E-state index contributed by atoms with van der Waals surface area (Å²) in [5.74, 6) is 0. The van der Waals surface area contributed by atoms with Crippen LogP contribution in [0.3, 0.4) is 0 Å². The number of pyridine rings is 1. The van der Waals surface area contributed by atoms with Gasteiger partial charge in [-0.05, 0) is 35.9 Å². The number of rotatable bonds is 3. The third-order valence-corrected chi connectivity index (χ3v) is 6.11. The highest BCUT2D eigenvalue weighted by atomic mass is 35.5. The van der Waals surface area contributed by atoms with Crippen molar-refractivity contribution in [2.45, 2.75) is 6.61 Å². The van der Waals surface area contributed by atoms with Crippen LogP contribution in [0.15, 0.2) is 36.5 Å². The molecule has 134 valence electrons. The normalized spacial score (nSPS) is 11.0. The third kappa shape index (κ3) is 3.93. The molecule has 3 rings (SSSR count). The van der Waals surface area contributed by atoms with Crippen molar-refractivity contribution in [1.29, 1.82) is 0 Å². The molecule has 0 bridgehead atoms. The molecule has 8 heteroatoms. The molecule has 26 heavy (non-hydrogen) atoms. The van der Waals surface area contributed by atoms with Gasteiger partial charge in [-0.25, -0.2) is 0 Å². The van der Waals surface area contributed by atoms with E-state index in [0.717, 1.165) is 11.1 Å². The first-order valence-electron chi connectivity index (χ1n) is 7.21. The molecule has 0 spiro atoms. The van der Waals surface area contributed by atoms with Crippen molar-refractivity contribution in [2.75, 3.05) is 0 Å². The molecule has 1 N–H and O–H groups in total. The summed E-state index contributed by atoms with van der Waals surface area (Å²) in [6.45, 7) is -0.233. The van der Waals surface area contributed by atoms with Gasteiger partial charge in [0.15, 0.2) is 0 Å². The third-order valence-electron chi connectivity index (χ3n) is 3.71. The van der Waals surface area contributed by atoms with Crippen molar-refractivity contribution in [1.82, 2.24) is 4.98 Å². The Bertz CT molecular complexity index is 959. The minimum atomic E-state index is -0.233. The Balaban J connectivity index is 2.12. The molecule has 0 saturated heterocycles. The largest absolute Gasteiger partial charge is 0.392 e. The van der Waals surface area contributed by atoms with E-state index in [1.807, 2.05) is 0 Å². The average Bonchev–Trinajstić information content (AvgIpc) is 2.62. The number of hydrogen-bond acceptors (Lipinski definition) is 2. The van der Waals surface area contributed by atoms with Crippen LogP contribution in [0.4, 0.5) is 0 Å². The molecule has 0 aliphatic carbocycles. The van der Waals surface area contributed by atoms with E-state index in [0.29, 0.717) is 36.9 Å². The number of aromatic nitrogens is 1. The Morgan fingerprint density at radius 2 is 1.12 bits per heavy atom. The van der Waals surface area contributed by atoms with Gasteiger partial charge in [0.2, 0.25) is 0 Å². The summed E-state index contributed by atoms with van der Waals surface area (Å²) < 4.78 is 0. The molecule has 3 aromatic rings. The van der Waals surface area contributed by atoms with E-state index >= 15 is 0 Å². The highest BCUT2D eigenvalue weighted by Crippen LogP contribution is 2.38. The van der Waals surface area contributed by atoms with Gasteiger partial charge in [-0.15, -0.1) is 0 Å². The van der Waals surface area contributed by atoms with Gasteiger partial charge in [0.1, 0.15) is 0 Å². The van der Waals surface area contributed by atoms with E-state index in [4.69, 9.17) is 69.6 Å². The maximum absolute atomic E-state index is 9.79. The molecule has 0 saturated carbocycles. The summed E-state index contributed by atoms with van der Waals surface area (Å²) in [5.41, 5.74) is 3.23. The first-order chi connectivity index (χ1) is 12.3. The molecule has 0 radical (unpaired) electrons. The van der Waals surface area contributed by atoms with Crippen LogP contribution in [-0.2, 0) is 6.61 Å². The minimum absolute atomic E-state index is 0.233. The van der Waals surface area contributed by atoms with E-state index < -0.39 is 0 Å². The number of benzene rings is 2. The summed E-state index contributed by atoms with van der Waals surface area (Å²) in [4.78, 5) is 4.45. The molecular weight excluding hydrogens is 459 g/mol. The lowest BCUT2D eigenvalue weighted by atomic mass is 10.0. The van der Waals surface area contributed by atoms with Crippen LogP contribution >= 0.6 is 69.6 Å². The molecule has 0 aliphatic heterocycles.